The van der Waals surface area contributed by atoms with Gasteiger partial charge in [0.1, 0.15) is 5.75 Å². The van der Waals surface area contributed by atoms with Gasteiger partial charge in [-0.25, -0.2) is 4.79 Å². The van der Waals surface area contributed by atoms with Crippen LogP contribution in [0.25, 0.3) is 22.8 Å². The highest BCUT2D eigenvalue weighted by Crippen LogP contribution is 2.24. The molecule has 0 saturated carbocycles. The predicted octanol–water partition coefficient (Wildman–Crippen LogP) is 4.52. The molecule has 1 amide bonds. The molecule has 4 rings (SSSR count). The van der Waals surface area contributed by atoms with Crippen molar-refractivity contribution in [3.05, 3.63) is 83.9 Å². The van der Waals surface area contributed by atoms with Crippen molar-refractivity contribution in [2.45, 2.75) is 6.92 Å². The smallest absolute Gasteiger partial charge is 0.337 e. The average Bonchev–Trinajstić information content (AvgIpc) is 3.34. The quantitative estimate of drug-likeness (QED) is 0.419. The minimum absolute atomic E-state index is 0.170. The fourth-order valence-corrected chi connectivity index (χ4v) is 3.01. The Kier molecular flexibility index (Phi) is 6.45. The van der Waals surface area contributed by atoms with Crippen molar-refractivity contribution < 1.29 is 23.6 Å². The van der Waals surface area contributed by atoms with Crippen LogP contribution in [0.4, 0.5) is 5.69 Å². The number of ether oxygens (including phenoxy) is 2. The first-order valence-electron chi connectivity index (χ1n) is 10.1. The third-order valence-electron chi connectivity index (χ3n) is 4.80. The van der Waals surface area contributed by atoms with E-state index in [0.717, 1.165) is 16.7 Å². The van der Waals surface area contributed by atoms with Gasteiger partial charge in [0, 0.05) is 16.8 Å². The Bertz CT molecular complexity index is 1250. The summed E-state index contributed by atoms with van der Waals surface area (Å²) in [7, 11) is 1.31. The van der Waals surface area contributed by atoms with Crippen LogP contribution in [-0.4, -0.2) is 35.7 Å². The van der Waals surface area contributed by atoms with E-state index in [0.29, 0.717) is 28.7 Å². The molecule has 0 fully saturated rings. The molecule has 0 bridgehead atoms. The molecule has 0 atom stereocenters. The Balaban J connectivity index is 1.32. The van der Waals surface area contributed by atoms with Crippen molar-refractivity contribution in [1.82, 2.24) is 10.1 Å². The predicted molar refractivity (Wildman–Crippen MR) is 122 cm³/mol. The van der Waals surface area contributed by atoms with E-state index >= 15 is 0 Å². The number of carbonyl (C=O) groups excluding carboxylic acids is 2. The minimum Gasteiger partial charge on any atom is -0.484 e. The van der Waals surface area contributed by atoms with Crippen LogP contribution in [0.1, 0.15) is 15.9 Å². The van der Waals surface area contributed by atoms with Gasteiger partial charge in [0.05, 0.1) is 12.7 Å². The SMILES string of the molecule is COC(=O)c1ccc(NC(=O)COc2ccc(-c3nc(-c4ccc(C)cc4)no3)cc2)cc1. The molecule has 3 aromatic carbocycles. The maximum absolute atomic E-state index is 12.1. The number of nitrogens with zero attached hydrogens (tertiary/aromatic N) is 2. The number of nitrogens with one attached hydrogen (secondary N) is 1. The minimum atomic E-state index is -0.438. The van der Waals surface area contributed by atoms with Crippen LogP contribution in [0.15, 0.2) is 77.3 Å². The van der Waals surface area contributed by atoms with Gasteiger partial charge in [0.15, 0.2) is 6.61 Å². The third kappa shape index (κ3) is 5.43. The highest BCUT2D eigenvalue weighted by Gasteiger charge is 2.11. The summed E-state index contributed by atoms with van der Waals surface area (Å²) in [6, 6.07) is 21.3. The Morgan fingerprint density at radius 1 is 0.909 bits per heavy atom. The number of rotatable bonds is 7. The zero-order chi connectivity index (χ0) is 23.2. The molecule has 1 N–H and O–H groups in total. The molecule has 8 nitrogen and oxygen atoms in total. The molecule has 1 aromatic heterocycles. The van der Waals surface area contributed by atoms with Crippen LogP contribution < -0.4 is 10.1 Å². The lowest BCUT2D eigenvalue weighted by Crippen LogP contribution is -2.20. The molecule has 4 aromatic rings. The van der Waals surface area contributed by atoms with E-state index in [2.05, 4.69) is 20.2 Å². The van der Waals surface area contributed by atoms with E-state index in [9.17, 15) is 9.59 Å². The molecule has 0 saturated heterocycles. The molecule has 0 spiro atoms. The zero-order valence-electron chi connectivity index (χ0n) is 18.1. The van der Waals surface area contributed by atoms with Crippen molar-refractivity contribution in [3.63, 3.8) is 0 Å². The van der Waals surface area contributed by atoms with E-state index in [1.54, 1.807) is 48.5 Å². The molecule has 0 aliphatic heterocycles. The molecule has 166 valence electrons. The molecule has 0 aliphatic rings. The lowest BCUT2D eigenvalue weighted by atomic mass is 10.1. The summed E-state index contributed by atoms with van der Waals surface area (Å²) in [6.45, 7) is 1.85. The second-order valence-corrected chi connectivity index (χ2v) is 7.22. The molecule has 0 radical (unpaired) electrons. The van der Waals surface area contributed by atoms with E-state index in [1.165, 1.54) is 7.11 Å². The molecule has 8 heteroatoms. The van der Waals surface area contributed by atoms with Crippen molar-refractivity contribution in [2.24, 2.45) is 0 Å². The van der Waals surface area contributed by atoms with Gasteiger partial charge in [-0.2, -0.15) is 4.98 Å². The van der Waals surface area contributed by atoms with Crippen LogP contribution in [-0.2, 0) is 9.53 Å². The summed E-state index contributed by atoms with van der Waals surface area (Å²) >= 11 is 0. The fraction of sp³-hybridized carbons (Fsp3) is 0.120. The first-order chi connectivity index (χ1) is 16.0. The summed E-state index contributed by atoms with van der Waals surface area (Å²) in [6.07, 6.45) is 0. The monoisotopic (exact) mass is 443 g/mol. The number of aryl methyl sites for hydroxylation is 1. The van der Waals surface area contributed by atoms with Gasteiger partial charge >= 0.3 is 5.97 Å². The van der Waals surface area contributed by atoms with Gasteiger partial charge < -0.3 is 19.3 Å². The van der Waals surface area contributed by atoms with Crippen LogP contribution in [0.5, 0.6) is 5.75 Å². The van der Waals surface area contributed by atoms with Crippen molar-refractivity contribution in [2.75, 3.05) is 19.0 Å². The van der Waals surface area contributed by atoms with E-state index in [-0.39, 0.29) is 12.5 Å². The first-order valence-corrected chi connectivity index (χ1v) is 10.1. The summed E-state index contributed by atoms with van der Waals surface area (Å²) < 4.78 is 15.6. The molecular weight excluding hydrogens is 422 g/mol. The van der Waals surface area contributed by atoms with Gasteiger partial charge in [-0.05, 0) is 55.5 Å². The number of hydrogen-bond acceptors (Lipinski definition) is 7. The highest BCUT2D eigenvalue weighted by molar-refractivity contribution is 5.93. The average molecular weight is 443 g/mol. The Labute approximate surface area is 190 Å². The number of aromatic nitrogens is 2. The number of carbonyl (C=O) groups is 2. The van der Waals surface area contributed by atoms with Gasteiger partial charge in [-0.15, -0.1) is 0 Å². The van der Waals surface area contributed by atoms with Crippen molar-refractivity contribution >= 4 is 17.6 Å². The van der Waals surface area contributed by atoms with E-state index in [4.69, 9.17) is 9.26 Å². The van der Waals surface area contributed by atoms with Gasteiger partial charge in [0.25, 0.3) is 11.8 Å². The van der Waals surface area contributed by atoms with Crippen LogP contribution in [0.2, 0.25) is 0 Å². The topological polar surface area (TPSA) is 104 Å². The van der Waals surface area contributed by atoms with Crippen LogP contribution in [0.3, 0.4) is 0 Å². The van der Waals surface area contributed by atoms with Crippen LogP contribution >= 0.6 is 0 Å². The van der Waals surface area contributed by atoms with Gasteiger partial charge in [0.2, 0.25) is 5.82 Å². The van der Waals surface area contributed by atoms with Crippen molar-refractivity contribution in [1.29, 1.82) is 0 Å². The normalized spacial score (nSPS) is 10.5. The molecular formula is C25H21N3O5. The Hall–Kier alpha value is -4.46. The van der Waals surface area contributed by atoms with Gasteiger partial charge in [-0.1, -0.05) is 35.0 Å². The molecule has 0 aliphatic carbocycles. The second-order valence-electron chi connectivity index (χ2n) is 7.22. The highest BCUT2D eigenvalue weighted by atomic mass is 16.5. The molecule has 33 heavy (non-hydrogen) atoms. The van der Waals surface area contributed by atoms with Gasteiger partial charge in [-0.3, -0.25) is 4.79 Å². The fourth-order valence-electron chi connectivity index (χ4n) is 3.01. The molecule has 0 unspecified atom stereocenters. The van der Waals surface area contributed by atoms with E-state index in [1.807, 2.05) is 31.2 Å². The number of methoxy groups -OCH3 is 1. The zero-order valence-corrected chi connectivity index (χ0v) is 18.1. The summed E-state index contributed by atoms with van der Waals surface area (Å²) in [5.74, 6) is 0.663. The maximum atomic E-state index is 12.1. The standard InChI is InChI=1S/C25H21N3O5/c1-16-3-5-17(6-4-16)23-27-24(33-28-23)18-9-13-21(14-10-18)32-15-22(29)26-20-11-7-19(8-12-20)25(30)31-2/h3-14H,15H2,1-2H3,(H,26,29). The summed E-state index contributed by atoms with van der Waals surface area (Å²) in [4.78, 5) is 28.0. The second kappa shape index (κ2) is 9.78. The Morgan fingerprint density at radius 3 is 2.24 bits per heavy atom. The third-order valence-corrected chi connectivity index (χ3v) is 4.80. The molecule has 1 heterocycles. The summed E-state index contributed by atoms with van der Waals surface area (Å²) in [5.41, 5.74) is 3.72. The number of benzene rings is 3. The van der Waals surface area contributed by atoms with Crippen LogP contribution in [0, 0.1) is 6.92 Å². The number of esters is 1. The Morgan fingerprint density at radius 2 is 1.58 bits per heavy atom. The maximum Gasteiger partial charge on any atom is 0.337 e. The number of hydrogen-bond donors (Lipinski definition) is 1. The van der Waals surface area contributed by atoms with E-state index < -0.39 is 5.97 Å². The first kappa shape index (κ1) is 21.8. The lowest BCUT2D eigenvalue weighted by molar-refractivity contribution is -0.118. The largest absolute Gasteiger partial charge is 0.484 e. The van der Waals surface area contributed by atoms with Crippen molar-refractivity contribution in [3.8, 4) is 28.6 Å². The number of amides is 1. The lowest BCUT2D eigenvalue weighted by Gasteiger charge is -2.08. The summed E-state index contributed by atoms with van der Waals surface area (Å²) in [5, 5.41) is 6.74. The number of anilines is 1.